The Morgan fingerprint density at radius 1 is 1.39 bits per heavy atom. The molecule has 1 saturated carbocycles. The van der Waals surface area contributed by atoms with Crippen LogP contribution in [0.25, 0.3) is 0 Å². The van der Waals surface area contributed by atoms with E-state index in [1.54, 1.807) is 0 Å². The summed E-state index contributed by atoms with van der Waals surface area (Å²) in [6.45, 7) is 2.59. The van der Waals surface area contributed by atoms with Gasteiger partial charge in [-0.1, -0.05) is 19.4 Å². The largest absolute Gasteiger partial charge is 0.508 e. The zero-order valence-corrected chi connectivity index (χ0v) is 11.3. The molecule has 2 N–H and O–H groups in total. The Morgan fingerprint density at radius 3 is 2.61 bits per heavy atom. The lowest BCUT2D eigenvalue weighted by molar-refractivity contribution is 0.133. The molecule has 100 valence electrons. The minimum Gasteiger partial charge on any atom is -0.508 e. The molecule has 0 saturated heterocycles. The first-order chi connectivity index (χ1) is 8.47. The Kier molecular flexibility index (Phi) is 3.64. The van der Waals surface area contributed by atoms with Gasteiger partial charge in [0.15, 0.2) is 0 Å². The van der Waals surface area contributed by atoms with Crippen molar-refractivity contribution in [1.82, 2.24) is 4.72 Å². The summed E-state index contributed by atoms with van der Waals surface area (Å²) in [5.74, 6) is -0.0354. The summed E-state index contributed by atoms with van der Waals surface area (Å²) >= 11 is 0. The first kappa shape index (κ1) is 13.4. The maximum Gasteiger partial charge on any atom is 0.240 e. The van der Waals surface area contributed by atoms with Crippen LogP contribution in [0.1, 0.15) is 32.6 Å². The topological polar surface area (TPSA) is 66.4 Å². The molecular formula is C13H19NO3S. The predicted molar refractivity (Wildman–Crippen MR) is 69.9 cm³/mol. The SMILES string of the molecule is CCC1(CNS(=O)(=O)c2cccc(O)c2)CCC1. The highest BCUT2D eigenvalue weighted by Crippen LogP contribution is 2.43. The Bertz CT molecular complexity index is 515. The average Bonchev–Trinajstić information content (AvgIpc) is 2.28. The average molecular weight is 269 g/mol. The molecule has 18 heavy (non-hydrogen) atoms. The molecule has 0 bridgehead atoms. The zero-order valence-electron chi connectivity index (χ0n) is 10.5. The summed E-state index contributed by atoms with van der Waals surface area (Å²) in [6, 6.07) is 5.74. The van der Waals surface area contributed by atoms with E-state index in [0.717, 1.165) is 19.3 Å². The van der Waals surface area contributed by atoms with Crippen LogP contribution < -0.4 is 4.72 Å². The van der Waals surface area contributed by atoms with Gasteiger partial charge in [-0.25, -0.2) is 13.1 Å². The molecule has 0 aliphatic heterocycles. The molecule has 0 heterocycles. The third-order valence-electron chi connectivity index (χ3n) is 3.93. The molecule has 0 aromatic heterocycles. The van der Waals surface area contributed by atoms with E-state index in [1.165, 1.54) is 30.7 Å². The summed E-state index contributed by atoms with van der Waals surface area (Å²) in [6.07, 6.45) is 4.36. The summed E-state index contributed by atoms with van der Waals surface area (Å²) in [7, 11) is -3.51. The van der Waals surface area contributed by atoms with E-state index >= 15 is 0 Å². The van der Waals surface area contributed by atoms with Crippen LogP contribution in [0.15, 0.2) is 29.2 Å². The van der Waals surface area contributed by atoms with E-state index in [9.17, 15) is 13.5 Å². The van der Waals surface area contributed by atoms with Gasteiger partial charge >= 0.3 is 0 Å². The van der Waals surface area contributed by atoms with E-state index in [4.69, 9.17) is 0 Å². The van der Waals surface area contributed by atoms with Crippen LogP contribution in [0.5, 0.6) is 5.75 Å². The summed E-state index contributed by atoms with van der Waals surface area (Å²) < 4.78 is 26.8. The molecule has 0 unspecified atom stereocenters. The fourth-order valence-corrected chi connectivity index (χ4v) is 3.51. The molecule has 0 spiro atoms. The fraction of sp³-hybridized carbons (Fsp3) is 0.538. The smallest absolute Gasteiger partial charge is 0.240 e. The summed E-state index contributed by atoms with van der Waals surface area (Å²) in [5.41, 5.74) is 0.143. The van der Waals surface area contributed by atoms with Crippen LogP contribution in [0.4, 0.5) is 0 Å². The van der Waals surface area contributed by atoms with Crippen molar-refractivity contribution in [2.24, 2.45) is 5.41 Å². The van der Waals surface area contributed by atoms with Crippen LogP contribution >= 0.6 is 0 Å². The Balaban J connectivity index is 2.08. The molecule has 1 aliphatic rings. The van der Waals surface area contributed by atoms with Gasteiger partial charge in [0.1, 0.15) is 5.75 Å². The quantitative estimate of drug-likeness (QED) is 0.861. The van der Waals surface area contributed by atoms with Crippen LogP contribution in [0.2, 0.25) is 0 Å². The Labute approximate surface area is 108 Å². The highest BCUT2D eigenvalue weighted by Gasteiger charge is 2.36. The number of phenolic OH excluding ortho intramolecular Hbond substituents is 1. The van der Waals surface area contributed by atoms with Crippen molar-refractivity contribution in [2.75, 3.05) is 6.54 Å². The van der Waals surface area contributed by atoms with E-state index < -0.39 is 10.0 Å². The third kappa shape index (κ3) is 2.67. The molecule has 0 radical (unpaired) electrons. The molecule has 5 heteroatoms. The summed E-state index contributed by atoms with van der Waals surface area (Å²) in [4.78, 5) is 0.119. The predicted octanol–water partition coefficient (Wildman–Crippen LogP) is 2.25. The number of benzene rings is 1. The molecule has 1 aromatic carbocycles. The van der Waals surface area contributed by atoms with Gasteiger partial charge in [0, 0.05) is 6.54 Å². The highest BCUT2D eigenvalue weighted by atomic mass is 32.2. The van der Waals surface area contributed by atoms with E-state index in [0.29, 0.717) is 6.54 Å². The zero-order chi connectivity index (χ0) is 13.2. The lowest BCUT2D eigenvalue weighted by Gasteiger charge is -2.41. The van der Waals surface area contributed by atoms with Gasteiger partial charge in [0.25, 0.3) is 0 Å². The Morgan fingerprint density at radius 2 is 2.11 bits per heavy atom. The first-order valence-electron chi connectivity index (χ1n) is 6.26. The van der Waals surface area contributed by atoms with Crippen molar-refractivity contribution in [3.63, 3.8) is 0 Å². The fourth-order valence-electron chi connectivity index (χ4n) is 2.31. The van der Waals surface area contributed by atoms with Gasteiger partial charge in [0.05, 0.1) is 4.90 Å². The molecule has 2 rings (SSSR count). The van der Waals surface area contributed by atoms with Crippen molar-refractivity contribution in [1.29, 1.82) is 0 Å². The maximum absolute atomic E-state index is 12.1. The van der Waals surface area contributed by atoms with Gasteiger partial charge in [-0.3, -0.25) is 0 Å². The van der Waals surface area contributed by atoms with Gasteiger partial charge in [0.2, 0.25) is 10.0 Å². The van der Waals surface area contributed by atoms with Crippen LogP contribution in [0.3, 0.4) is 0 Å². The number of rotatable bonds is 5. The van der Waals surface area contributed by atoms with Gasteiger partial charge in [-0.2, -0.15) is 0 Å². The van der Waals surface area contributed by atoms with Crippen molar-refractivity contribution in [2.45, 2.75) is 37.5 Å². The van der Waals surface area contributed by atoms with Crippen molar-refractivity contribution >= 4 is 10.0 Å². The molecule has 4 nitrogen and oxygen atoms in total. The van der Waals surface area contributed by atoms with Crippen LogP contribution in [0, 0.1) is 5.41 Å². The third-order valence-corrected chi connectivity index (χ3v) is 5.33. The van der Waals surface area contributed by atoms with E-state index in [2.05, 4.69) is 11.6 Å². The minimum absolute atomic E-state index is 0.0354. The molecule has 1 fully saturated rings. The number of nitrogens with one attached hydrogen (secondary N) is 1. The van der Waals surface area contributed by atoms with Crippen LogP contribution in [-0.2, 0) is 10.0 Å². The normalized spacial score (nSPS) is 18.3. The number of sulfonamides is 1. The lowest BCUT2D eigenvalue weighted by atomic mass is 9.67. The van der Waals surface area contributed by atoms with Crippen LogP contribution in [-0.4, -0.2) is 20.1 Å². The monoisotopic (exact) mass is 269 g/mol. The van der Waals surface area contributed by atoms with Gasteiger partial charge < -0.3 is 5.11 Å². The molecule has 1 aromatic rings. The minimum atomic E-state index is -3.51. The van der Waals surface area contributed by atoms with E-state index in [1.807, 2.05) is 0 Å². The molecule has 0 atom stereocenters. The first-order valence-corrected chi connectivity index (χ1v) is 7.74. The van der Waals surface area contributed by atoms with Crippen molar-refractivity contribution in [3.8, 4) is 5.75 Å². The molecule has 0 amide bonds. The van der Waals surface area contributed by atoms with Gasteiger partial charge in [-0.15, -0.1) is 0 Å². The maximum atomic E-state index is 12.1. The second kappa shape index (κ2) is 4.90. The van der Waals surface area contributed by atoms with Crippen molar-refractivity contribution in [3.05, 3.63) is 24.3 Å². The lowest BCUT2D eigenvalue weighted by Crippen LogP contribution is -2.41. The number of phenols is 1. The number of hydrogen-bond donors (Lipinski definition) is 2. The second-order valence-corrected chi connectivity index (χ2v) is 6.80. The molecular weight excluding hydrogens is 250 g/mol. The number of aromatic hydroxyl groups is 1. The summed E-state index contributed by atoms with van der Waals surface area (Å²) in [5, 5.41) is 9.32. The van der Waals surface area contributed by atoms with E-state index in [-0.39, 0.29) is 16.1 Å². The molecule has 1 aliphatic carbocycles. The standard InChI is InChI=1S/C13H19NO3S/c1-2-13(7-4-8-13)10-14-18(16,17)12-6-3-5-11(15)9-12/h3,5-6,9,14-15H,2,4,7-8,10H2,1H3. The number of hydrogen-bond acceptors (Lipinski definition) is 3. The van der Waals surface area contributed by atoms with Crippen molar-refractivity contribution < 1.29 is 13.5 Å². The highest BCUT2D eigenvalue weighted by molar-refractivity contribution is 7.89. The van der Waals surface area contributed by atoms with Gasteiger partial charge in [-0.05, 0) is 42.9 Å². The second-order valence-electron chi connectivity index (χ2n) is 5.03. The Hall–Kier alpha value is -1.07.